The topological polar surface area (TPSA) is 169 Å². The summed E-state index contributed by atoms with van der Waals surface area (Å²) in [6.45, 7) is 3.88. The van der Waals surface area contributed by atoms with E-state index in [2.05, 4.69) is 6.92 Å². The Bertz CT molecular complexity index is 1290. The Balaban J connectivity index is 4.70. The van der Waals surface area contributed by atoms with Crippen LogP contribution < -0.4 is 0 Å². The number of carbonyl (C=O) groups excluding carboxylic acids is 2. The van der Waals surface area contributed by atoms with Crippen molar-refractivity contribution in [2.75, 3.05) is 47.5 Å². The standard InChI is InChI=1S/C46H80NO11P/c1-6-8-10-11-12-13-14-15-16-17-18-23-29-35-45(51)55-39-42(40-57-59(53,54)56-38-37-47(3,4)5)58-46(52)36-30-24-27-32-41(48)31-26-21-19-20-22-28-34-44(50)43(49)33-25-9-7-2/h9,19-22,24-28,31,34,41-44,48-50H,6-8,10-18,23,29-30,32-33,35-40H2,1-5H3/p+1/b21-19+,22-20-,25-9-,27-24+,31-26+,34-28+. The maximum atomic E-state index is 12.7. The number of hydrogen-bond acceptors (Lipinski definition) is 10. The number of likely N-dealkylation sites (N-methyl/N-ethyl adjacent to an activating group) is 1. The van der Waals surface area contributed by atoms with E-state index >= 15 is 0 Å². The molecule has 0 aliphatic heterocycles. The number of ether oxygens (including phenoxy) is 2. The second-order valence-electron chi connectivity index (χ2n) is 15.9. The Morgan fingerprint density at radius 1 is 0.644 bits per heavy atom. The monoisotopic (exact) mass is 855 g/mol. The summed E-state index contributed by atoms with van der Waals surface area (Å²) >= 11 is 0. The number of aliphatic hydroxyl groups is 3. The lowest BCUT2D eigenvalue weighted by Gasteiger charge is -2.24. The van der Waals surface area contributed by atoms with Gasteiger partial charge in [-0.05, 0) is 32.1 Å². The number of esters is 2. The molecule has 0 saturated heterocycles. The lowest BCUT2D eigenvalue weighted by molar-refractivity contribution is -0.870. The van der Waals surface area contributed by atoms with E-state index in [1.807, 2.05) is 40.2 Å². The number of aliphatic hydroxyl groups excluding tert-OH is 3. The normalized spacial score (nSPS) is 15.9. The molecule has 0 aliphatic rings. The van der Waals surface area contributed by atoms with Gasteiger partial charge < -0.3 is 34.2 Å². The fraction of sp³-hybridized carbons (Fsp3) is 0.696. The summed E-state index contributed by atoms with van der Waals surface area (Å²) in [7, 11) is 1.31. The van der Waals surface area contributed by atoms with Crippen molar-refractivity contribution < 1.29 is 57.4 Å². The van der Waals surface area contributed by atoms with Crippen LogP contribution in [0.5, 0.6) is 0 Å². The molecule has 5 atom stereocenters. The minimum Gasteiger partial charge on any atom is -0.462 e. The third kappa shape index (κ3) is 39.2. The van der Waals surface area contributed by atoms with E-state index in [9.17, 15) is 34.4 Å². The minimum atomic E-state index is -4.44. The van der Waals surface area contributed by atoms with Gasteiger partial charge in [-0.15, -0.1) is 0 Å². The molecule has 0 fully saturated rings. The minimum absolute atomic E-state index is 0.00195. The fourth-order valence-electron chi connectivity index (χ4n) is 5.48. The van der Waals surface area contributed by atoms with Crippen molar-refractivity contribution in [1.29, 1.82) is 0 Å². The van der Waals surface area contributed by atoms with E-state index in [0.717, 1.165) is 25.7 Å². The highest BCUT2D eigenvalue weighted by molar-refractivity contribution is 7.47. The van der Waals surface area contributed by atoms with Gasteiger partial charge in [-0.2, -0.15) is 0 Å². The van der Waals surface area contributed by atoms with Gasteiger partial charge in [0.2, 0.25) is 0 Å². The molecule has 0 aromatic rings. The summed E-state index contributed by atoms with van der Waals surface area (Å²) in [4.78, 5) is 35.3. The first-order valence-corrected chi connectivity index (χ1v) is 23.5. The van der Waals surface area contributed by atoms with Crippen LogP contribution in [0.15, 0.2) is 72.9 Å². The largest absolute Gasteiger partial charge is 0.472 e. The lowest BCUT2D eigenvalue weighted by Crippen LogP contribution is -2.37. The highest BCUT2D eigenvalue weighted by Gasteiger charge is 2.27. The Morgan fingerprint density at radius 2 is 1.20 bits per heavy atom. The number of nitrogens with zero attached hydrogens (tertiary/aromatic N) is 1. The number of quaternary nitrogens is 1. The number of rotatable bonds is 38. The van der Waals surface area contributed by atoms with Crippen molar-refractivity contribution in [3.05, 3.63) is 72.9 Å². The van der Waals surface area contributed by atoms with Crippen LogP contribution >= 0.6 is 7.82 Å². The average Bonchev–Trinajstić information content (AvgIpc) is 3.17. The van der Waals surface area contributed by atoms with E-state index in [1.54, 1.807) is 54.7 Å². The molecule has 0 radical (unpaired) electrons. The predicted molar refractivity (Wildman–Crippen MR) is 237 cm³/mol. The van der Waals surface area contributed by atoms with Crippen LogP contribution in [0.1, 0.15) is 136 Å². The number of hydrogen-bond donors (Lipinski definition) is 4. The molecule has 0 aromatic carbocycles. The van der Waals surface area contributed by atoms with Crippen molar-refractivity contribution in [2.24, 2.45) is 0 Å². The first kappa shape index (κ1) is 56.3. The first-order valence-electron chi connectivity index (χ1n) is 22.0. The molecule has 0 bridgehead atoms. The SMILES string of the molecule is CC/C=C\CC(O)C(O)/C=C/C=C\C=C\C=C\C(O)C/C=C/CCC(=O)OC(COC(=O)CCCCCCCCCCCCCCC)COP(=O)(O)OCC[N+](C)(C)C. The number of phosphoric acid groups is 1. The summed E-state index contributed by atoms with van der Waals surface area (Å²) < 4.78 is 34.0. The maximum Gasteiger partial charge on any atom is 0.472 e. The number of phosphoric ester groups is 1. The van der Waals surface area contributed by atoms with Crippen molar-refractivity contribution in [3.8, 4) is 0 Å². The Labute approximate surface area is 356 Å². The molecule has 0 rings (SSSR count). The van der Waals surface area contributed by atoms with Crippen LogP contribution in [-0.4, -0.2) is 109 Å². The van der Waals surface area contributed by atoms with Crippen LogP contribution in [0.3, 0.4) is 0 Å². The summed E-state index contributed by atoms with van der Waals surface area (Å²) in [5.41, 5.74) is 0. The molecular weight excluding hydrogens is 773 g/mol. The Kier molecular flexibility index (Phi) is 35.4. The van der Waals surface area contributed by atoms with Gasteiger partial charge >= 0.3 is 19.8 Å². The molecule has 0 heterocycles. The van der Waals surface area contributed by atoms with Gasteiger partial charge in [-0.1, -0.05) is 164 Å². The smallest absolute Gasteiger partial charge is 0.462 e. The number of carbonyl (C=O) groups is 2. The van der Waals surface area contributed by atoms with Gasteiger partial charge in [0.25, 0.3) is 0 Å². The second-order valence-corrected chi connectivity index (χ2v) is 17.4. The average molecular weight is 855 g/mol. The van der Waals surface area contributed by atoms with E-state index < -0.39 is 50.8 Å². The molecule has 0 aliphatic carbocycles. The van der Waals surface area contributed by atoms with E-state index in [-0.39, 0.29) is 26.1 Å². The summed E-state index contributed by atoms with van der Waals surface area (Å²) in [5.74, 6) is -1.03. The van der Waals surface area contributed by atoms with Crippen LogP contribution in [0.4, 0.5) is 0 Å². The van der Waals surface area contributed by atoms with Crippen LogP contribution in [0, 0.1) is 0 Å². The van der Waals surface area contributed by atoms with Crippen LogP contribution in [-0.2, 0) is 32.7 Å². The zero-order chi connectivity index (χ0) is 44.0. The molecule has 0 amide bonds. The Hall–Kier alpha value is -2.67. The summed E-state index contributed by atoms with van der Waals surface area (Å²) in [6.07, 6.45) is 34.9. The maximum absolute atomic E-state index is 12.7. The quantitative estimate of drug-likeness (QED) is 0.0117. The molecule has 12 nitrogen and oxygen atoms in total. The predicted octanol–water partition coefficient (Wildman–Crippen LogP) is 9.15. The van der Waals surface area contributed by atoms with Crippen LogP contribution in [0.2, 0.25) is 0 Å². The molecule has 13 heteroatoms. The first-order chi connectivity index (χ1) is 28.2. The number of unbranched alkanes of at least 4 members (excludes halogenated alkanes) is 12. The van der Waals surface area contributed by atoms with E-state index in [0.29, 0.717) is 36.7 Å². The van der Waals surface area contributed by atoms with E-state index in [4.69, 9.17) is 18.5 Å². The molecule has 5 unspecified atom stereocenters. The molecular formula is C46H81NO11P+. The highest BCUT2D eigenvalue weighted by Crippen LogP contribution is 2.43. The zero-order valence-electron chi connectivity index (χ0n) is 37.0. The van der Waals surface area contributed by atoms with Crippen molar-refractivity contribution in [3.63, 3.8) is 0 Å². The zero-order valence-corrected chi connectivity index (χ0v) is 37.9. The van der Waals surface area contributed by atoms with Crippen molar-refractivity contribution in [1.82, 2.24) is 0 Å². The highest BCUT2D eigenvalue weighted by atomic mass is 31.2. The fourth-order valence-corrected chi connectivity index (χ4v) is 6.22. The third-order valence-electron chi connectivity index (χ3n) is 9.08. The molecule has 0 saturated carbocycles. The molecule has 0 spiro atoms. The van der Waals surface area contributed by atoms with Gasteiger partial charge in [0, 0.05) is 12.8 Å². The van der Waals surface area contributed by atoms with Gasteiger partial charge in [-0.3, -0.25) is 18.6 Å². The lowest BCUT2D eigenvalue weighted by atomic mass is 10.0. The van der Waals surface area contributed by atoms with Gasteiger partial charge in [-0.25, -0.2) is 4.57 Å². The van der Waals surface area contributed by atoms with Crippen molar-refractivity contribution >= 4 is 19.8 Å². The Morgan fingerprint density at radius 3 is 1.80 bits per heavy atom. The molecule has 59 heavy (non-hydrogen) atoms. The van der Waals surface area contributed by atoms with Crippen LogP contribution in [0.25, 0.3) is 0 Å². The second kappa shape index (κ2) is 37.1. The van der Waals surface area contributed by atoms with Gasteiger partial charge in [0.1, 0.15) is 19.8 Å². The van der Waals surface area contributed by atoms with Gasteiger partial charge in [0.15, 0.2) is 6.10 Å². The summed E-state index contributed by atoms with van der Waals surface area (Å²) in [6, 6.07) is 0. The summed E-state index contributed by atoms with van der Waals surface area (Å²) in [5, 5.41) is 30.1. The van der Waals surface area contributed by atoms with Gasteiger partial charge in [0.05, 0.1) is 46.1 Å². The third-order valence-corrected chi connectivity index (χ3v) is 10.1. The number of allylic oxidation sites excluding steroid dienone is 8. The molecule has 0 aromatic heterocycles. The molecule has 4 N–H and O–H groups in total. The van der Waals surface area contributed by atoms with Crippen molar-refractivity contribution in [2.45, 2.75) is 160 Å². The van der Waals surface area contributed by atoms with E-state index in [1.165, 1.54) is 63.9 Å². The molecule has 340 valence electrons.